The Hall–Kier alpha value is -0.580. The number of thiophene rings is 1. The molecule has 0 bridgehead atoms. The van der Waals surface area contributed by atoms with Crippen molar-refractivity contribution in [1.82, 2.24) is 10.2 Å². The first kappa shape index (κ1) is 15.8. The molecule has 1 unspecified atom stereocenters. The van der Waals surface area contributed by atoms with Crippen molar-refractivity contribution in [1.29, 1.82) is 0 Å². The summed E-state index contributed by atoms with van der Waals surface area (Å²) in [5.41, 5.74) is 0.995. The molecule has 3 nitrogen and oxygen atoms in total. The fourth-order valence-electron chi connectivity index (χ4n) is 2.52. The third kappa shape index (κ3) is 3.74. The van der Waals surface area contributed by atoms with Crippen molar-refractivity contribution in [2.75, 3.05) is 19.6 Å². The number of hydrogen-bond donors (Lipinski definition) is 1. The molecule has 0 aliphatic carbocycles. The predicted molar refractivity (Wildman–Crippen MR) is 85.9 cm³/mol. The van der Waals surface area contributed by atoms with Crippen molar-refractivity contribution in [3.8, 4) is 0 Å². The first-order chi connectivity index (χ1) is 9.63. The number of unbranched alkanes of at least 4 members (excludes halogenated alkanes) is 1. The van der Waals surface area contributed by atoms with E-state index in [2.05, 4.69) is 12.2 Å². The molecule has 1 aromatic heterocycles. The minimum absolute atomic E-state index is 0.0928. The molecule has 2 rings (SSSR count). The van der Waals surface area contributed by atoms with Crippen LogP contribution < -0.4 is 5.32 Å². The lowest BCUT2D eigenvalue weighted by atomic mass is 10.2. The second kappa shape index (κ2) is 7.43. The molecule has 5 heteroatoms. The number of rotatable bonds is 6. The van der Waals surface area contributed by atoms with Crippen LogP contribution in [-0.2, 0) is 0 Å². The van der Waals surface area contributed by atoms with E-state index in [-0.39, 0.29) is 5.91 Å². The largest absolute Gasteiger partial charge is 0.336 e. The second-order valence-corrected chi connectivity index (χ2v) is 6.72. The minimum Gasteiger partial charge on any atom is -0.336 e. The number of carbonyl (C=O) groups excluding carboxylic acids is 1. The van der Waals surface area contributed by atoms with Crippen LogP contribution in [0, 0.1) is 6.92 Å². The van der Waals surface area contributed by atoms with Crippen LogP contribution in [0.1, 0.15) is 47.8 Å². The first-order valence-electron chi connectivity index (χ1n) is 7.39. The number of nitrogens with one attached hydrogen (secondary N) is 1. The molecule has 1 aromatic rings. The molecule has 1 fully saturated rings. The van der Waals surface area contributed by atoms with Gasteiger partial charge in [-0.3, -0.25) is 4.79 Å². The molecule has 1 amide bonds. The number of amides is 1. The molecule has 2 heterocycles. The van der Waals surface area contributed by atoms with Crippen molar-refractivity contribution in [2.24, 2.45) is 0 Å². The van der Waals surface area contributed by atoms with Crippen molar-refractivity contribution in [3.05, 3.63) is 20.8 Å². The molecule has 112 valence electrons. The summed E-state index contributed by atoms with van der Waals surface area (Å²) in [4.78, 5) is 15.4. The summed E-state index contributed by atoms with van der Waals surface area (Å²) in [5.74, 6) is 0.0928. The summed E-state index contributed by atoms with van der Waals surface area (Å²) in [5, 5.41) is 6.05. The third-order valence-corrected chi connectivity index (χ3v) is 5.45. The van der Waals surface area contributed by atoms with Gasteiger partial charge in [0.1, 0.15) is 4.88 Å². The lowest BCUT2D eigenvalue weighted by molar-refractivity contribution is 0.0744. The molecular weight excluding hydrogens is 292 g/mol. The van der Waals surface area contributed by atoms with Crippen molar-refractivity contribution < 1.29 is 4.79 Å². The number of nitrogens with zero attached hydrogens (tertiary/aromatic N) is 1. The Morgan fingerprint density at radius 3 is 2.95 bits per heavy atom. The summed E-state index contributed by atoms with van der Waals surface area (Å²) in [6, 6.07) is 0.440. The van der Waals surface area contributed by atoms with E-state index in [1.54, 1.807) is 0 Å². The zero-order chi connectivity index (χ0) is 14.5. The molecule has 20 heavy (non-hydrogen) atoms. The lowest BCUT2D eigenvalue weighted by Gasteiger charge is -2.25. The van der Waals surface area contributed by atoms with E-state index >= 15 is 0 Å². The predicted octanol–water partition coefficient (Wildman–Crippen LogP) is 3.70. The van der Waals surface area contributed by atoms with Gasteiger partial charge in [-0.2, -0.15) is 0 Å². The zero-order valence-electron chi connectivity index (χ0n) is 12.2. The molecule has 0 aromatic carbocycles. The van der Waals surface area contributed by atoms with E-state index in [1.807, 2.05) is 17.2 Å². The molecule has 0 spiro atoms. The van der Waals surface area contributed by atoms with Crippen molar-refractivity contribution in [3.63, 3.8) is 0 Å². The van der Waals surface area contributed by atoms with Crippen LogP contribution in [0.3, 0.4) is 0 Å². The van der Waals surface area contributed by atoms with Gasteiger partial charge in [-0.1, -0.05) is 24.9 Å². The fourth-order valence-corrected chi connectivity index (χ4v) is 3.76. The van der Waals surface area contributed by atoms with Gasteiger partial charge in [0.05, 0.1) is 5.02 Å². The molecule has 1 atom stereocenters. The van der Waals surface area contributed by atoms with E-state index in [0.29, 0.717) is 15.9 Å². The molecule has 1 N–H and O–H groups in total. The zero-order valence-corrected chi connectivity index (χ0v) is 13.8. The highest BCUT2D eigenvalue weighted by molar-refractivity contribution is 7.13. The van der Waals surface area contributed by atoms with Crippen LogP contribution in [0.4, 0.5) is 0 Å². The summed E-state index contributed by atoms with van der Waals surface area (Å²) < 4.78 is 0. The van der Waals surface area contributed by atoms with Gasteiger partial charge in [0.15, 0.2) is 0 Å². The summed E-state index contributed by atoms with van der Waals surface area (Å²) in [7, 11) is 0. The second-order valence-electron chi connectivity index (χ2n) is 5.46. The maximum atomic E-state index is 12.7. The molecule has 0 radical (unpaired) electrons. The van der Waals surface area contributed by atoms with Gasteiger partial charge in [0, 0.05) is 19.1 Å². The Morgan fingerprint density at radius 2 is 2.40 bits per heavy atom. The highest BCUT2D eigenvalue weighted by Crippen LogP contribution is 2.28. The number of aryl methyl sites for hydroxylation is 1. The topological polar surface area (TPSA) is 32.3 Å². The SMILES string of the molecule is CCCCN(CC1CCCN1)C(=O)c1scc(C)c1Cl. The van der Waals surface area contributed by atoms with Crippen LogP contribution in [0.25, 0.3) is 0 Å². The Kier molecular flexibility index (Phi) is 5.87. The van der Waals surface area contributed by atoms with E-state index in [4.69, 9.17) is 11.6 Å². The maximum Gasteiger partial charge on any atom is 0.265 e. The van der Waals surface area contributed by atoms with Gasteiger partial charge < -0.3 is 10.2 Å². The Bertz CT molecular complexity index is 455. The molecule has 1 saturated heterocycles. The smallest absolute Gasteiger partial charge is 0.265 e. The average molecular weight is 315 g/mol. The standard InChI is InChI=1S/C15H23ClN2OS/c1-3-4-8-18(9-12-6-5-7-17-12)15(19)14-13(16)11(2)10-20-14/h10,12,17H,3-9H2,1-2H3. The average Bonchev–Trinajstić information content (AvgIpc) is 3.06. The normalized spacial score (nSPS) is 18.4. The highest BCUT2D eigenvalue weighted by atomic mass is 35.5. The van der Waals surface area contributed by atoms with Gasteiger partial charge in [-0.05, 0) is 43.7 Å². The maximum absolute atomic E-state index is 12.7. The number of halogens is 1. The monoisotopic (exact) mass is 314 g/mol. The van der Waals surface area contributed by atoms with Crippen LogP contribution in [0.5, 0.6) is 0 Å². The highest BCUT2D eigenvalue weighted by Gasteiger charge is 2.24. The molecular formula is C15H23ClN2OS. The number of carbonyl (C=O) groups is 1. The molecule has 1 aliphatic heterocycles. The third-order valence-electron chi connectivity index (χ3n) is 3.77. The van der Waals surface area contributed by atoms with Crippen LogP contribution in [0.15, 0.2) is 5.38 Å². The van der Waals surface area contributed by atoms with Crippen molar-refractivity contribution in [2.45, 2.75) is 45.6 Å². The summed E-state index contributed by atoms with van der Waals surface area (Å²) in [6.07, 6.45) is 4.51. The van der Waals surface area contributed by atoms with Gasteiger partial charge in [-0.25, -0.2) is 0 Å². The lowest BCUT2D eigenvalue weighted by Crippen LogP contribution is -2.41. The van der Waals surface area contributed by atoms with E-state index in [9.17, 15) is 4.79 Å². The van der Waals surface area contributed by atoms with Crippen molar-refractivity contribution >= 4 is 28.8 Å². The molecule has 0 saturated carbocycles. The Morgan fingerprint density at radius 1 is 1.60 bits per heavy atom. The van der Waals surface area contributed by atoms with Crippen LogP contribution in [0.2, 0.25) is 5.02 Å². The molecule has 1 aliphatic rings. The van der Waals surface area contributed by atoms with Gasteiger partial charge in [0.25, 0.3) is 5.91 Å². The van der Waals surface area contributed by atoms with Crippen LogP contribution in [-0.4, -0.2) is 36.5 Å². The van der Waals surface area contributed by atoms with Crippen LogP contribution >= 0.6 is 22.9 Å². The fraction of sp³-hybridized carbons (Fsp3) is 0.667. The van der Waals surface area contributed by atoms with E-state index in [1.165, 1.54) is 17.8 Å². The van der Waals surface area contributed by atoms with Gasteiger partial charge in [0.2, 0.25) is 0 Å². The summed E-state index contributed by atoms with van der Waals surface area (Å²) in [6.45, 7) is 6.79. The van der Waals surface area contributed by atoms with E-state index in [0.717, 1.165) is 44.5 Å². The number of hydrogen-bond acceptors (Lipinski definition) is 3. The first-order valence-corrected chi connectivity index (χ1v) is 8.65. The quantitative estimate of drug-likeness (QED) is 0.868. The minimum atomic E-state index is 0.0928. The Balaban J connectivity index is 2.08. The summed E-state index contributed by atoms with van der Waals surface area (Å²) >= 11 is 7.71. The van der Waals surface area contributed by atoms with E-state index < -0.39 is 0 Å². The van der Waals surface area contributed by atoms with Gasteiger partial charge >= 0.3 is 0 Å². The van der Waals surface area contributed by atoms with Gasteiger partial charge in [-0.15, -0.1) is 11.3 Å². The Labute approximate surface area is 130 Å².